The van der Waals surface area contributed by atoms with Gasteiger partial charge in [0, 0.05) is 19.2 Å². The van der Waals surface area contributed by atoms with Crippen LogP contribution >= 0.6 is 22.7 Å². The number of benzene rings is 3. The summed E-state index contributed by atoms with van der Waals surface area (Å²) >= 11 is 4.02. The molecule has 0 saturated heterocycles. The van der Waals surface area contributed by atoms with Crippen molar-refractivity contribution >= 4 is 42.8 Å². The lowest BCUT2D eigenvalue weighted by Gasteiger charge is -2.17. The van der Waals surface area contributed by atoms with E-state index < -0.39 is 0 Å². The van der Waals surface area contributed by atoms with Crippen LogP contribution in [-0.2, 0) is 25.7 Å². The van der Waals surface area contributed by atoms with E-state index in [4.69, 9.17) is 0 Å². The van der Waals surface area contributed by atoms with Crippen molar-refractivity contribution < 1.29 is 0 Å². The van der Waals surface area contributed by atoms with E-state index in [-0.39, 0.29) is 0 Å². The largest absolute Gasteiger partial charge is 0.135 e. The zero-order valence-electron chi connectivity index (χ0n) is 17.3. The third-order valence-corrected chi connectivity index (χ3v) is 9.46. The Morgan fingerprint density at radius 1 is 0.567 bits per heavy atom. The summed E-state index contributed by atoms with van der Waals surface area (Å²) in [5.41, 5.74) is 11.9. The van der Waals surface area contributed by atoms with Crippen molar-refractivity contribution in [2.75, 3.05) is 0 Å². The monoisotopic (exact) mass is 422 g/mol. The summed E-state index contributed by atoms with van der Waals surface area (Å²) in [4.78, 5) is 3.03. The van der Waals surface area contributed by atoms with E-state index in [9.17, 15) is 0 Å². The molecule has 0 aliphatic heterocycles. The predicted octanol–water partition coefficient (Wildman–Crippen LogP) is 8.26. The number of hydrogen-bond acceptors (Lipinski definition) is 2. The van der Waals surface area contributed by atoms with Crippen molar-refractivity contribution in [3.05, 3.63) is 81.9 Å². The lowest BCUT2D eigenvalue weighted by Crippen LogP contribution is -2.01. The molecule has 0 N–H and O–H groups in total. The Hall–Kier alpha value is -2.42. The Labute approximate surface area is 184 Å². The fourth-order valence-corrected chi connectivity index (χ4v) is 8.21. The summed E-state index contributed by atoms with van der Waals surface area (Å²) in [6, 6.07) is 19.0. The van der Waals surface area contributed by atoms with Gasteiger partial charge < -0.3 is 0 Å². The molecule has 2 aromatic heterocycles. The van der Waals surface area contributed by atoms with Crippen LogP contribution in [0.5, 0.6) is 0 Å². The molecule has 0 saturated carbocycles. The standard InChI is InChI=1S/C28H22S2/c1-15-3-7-19-17(11-15)5-9-21-23-13-26-24(14-25(23)29-27(19)21)22-10-6-18-12-16(2)4-8-20(18)28(22)30-26/h3-4,7-8,11-14H,5-6,9-10H2,1-2H3. The van der Waals surface area contributed by atoms with Gasteiger partial charge in [-0.05, 0) is 95.8 Å². The third-order valence-electron chi connectivity index (χ3n) is 7.00. The molecule has 0 bridgehead atoms. The van der Waals surface area contributed by atoms with Crippen molar-refractivity contribution in [3.8, 4) is 20.9 Å². The highest BCUT2D eigenvalue weighted by atomic mass is 32.1. The van der Waals surface area contributed by atoms with Gasteiger partial charge in [-0.3, -0.25) is 0 Å². The summed E-state index contributed by atoms with van der Waals surface area (Å²) in [5.74, 6) is 0. The smallest absolute Gasteiger partial charge is 0.0390 e. The molecule has 0 unspecified atom stereocenters. The van der Waals surface area contributed by atoms with E-state index in [0.717, 1.165) is 0 Å². The van der Waals surface area contributed by atoms with Crippen LogP contribution in [0, 0.1) is 13.8 Å². The van der Waals surface area contributed by atoms with Gasteiger partial charge in [-0.25, -0.2) is 0 Å². The van der Waals surface area contributed by atoms with E-state index in [0.29, 0.717) is 0 Å². The zero-order chi connectivity index (χ0) is 20.0. The van der Waals surface area contributed by atoms with Gasteiger partial charge in [-0.2, -0.15) is 0 Å². The summed E-state index contributed by atoms with van der Waals surface area (Å²) in [7, 11) is 0. The van der Waals surface area contributed by atoms with Gasteiger partial charge in [0.05, 0.1) is 0 Å². The second-order valence-corrected chi connectivity index (χ2v) is 11.1. The Kier molecular flexibility index (Phi) is 3.49. The summed E-state index contributed by atoms with van der Waals surface area (Å²) in [6.07, 6.45) is 4.68. The SMILES string of the molecule is Cc1ccc2c(c1)CCc1c-2sc2cc3c4c(sc3cc12)-c1ccc(C)cc1CC4. The van der Waals surface area contributed by atoms with Crippen molar-refractivity contribution in [1.82, 2.24) is 0 Å². The molecule has 30 heavy (non-hydrogen) atoms. The van der Waals surface area contributed by atoms with Crippen LogP contribution in [0.4, 0.5) is 0 Å². The maximum atomic E-state index is 2.51. The Morgan fingerprint density at radius 3 is 1.50 bits per heavy atom. The van der Waals surface area contributed by atoms with Crippen LogP contribution in [0.25, 0.3) is 41.1 Å². The maximum absolute atomic E-state index is 2.51. The summed E-state index contributed by atoms with van der Waals surface area (Å²) < 4.78 is 2.94. The number of aryl methyl sites for hydroxylation is 6. The van der Waals surface area contributed by atoms with Crippen LogP contribution in [0.1, 0.15) is 33.4 Å². The van der Waals surface area contributed by atoms with Gasteiger partial charge in [-0.15, -0.1) is 22.7 Å². The van der Waals surface area contributed by atoms with Gasteiger partial charge in [0.1, 0.15) is 0 Å². The number of hydrogen-bond donors (Lipinski definition) is 0. The molecule has 0 amide bonds. The fourth-order valence-electron chi connectivity index (χ4n) is 5.54. The molecule has 0 nitrogen and oxygen atoms in total. The molecule has 0 radical (unpaired) electrons. The topological polar surface area (TPSA) is 0 Å². The normalized spacial score (nSPS) is 14.5. The van der Waals surface area contributed by atoms with E-state index in [2.05, 4.69) is 62.4 Å². The van der Waals surface area contributed by atoms with Crippen molar-refractivity contribution in [2.24, 2.45) is 0 Å². The lowest BCUT2D eigenvalue weighted by atomic mass is 9.87. The quantitative estimate of drug-likeness (QED) is 0.236. The third kappa shape index (κ3) is 2.32. The molecule has 146 valence electrons. The second kappa shape index (κ2) is 6.06. The van der Waals surface area contributed by atoms with Crippen molar-refractivity contribution in [1.29, 1.82) is 0 Å². The second-order valence-electron chi connectivity index (χ2n) is 8.99. The molecular weight excluding hydrogens is 400 g/mol. The molecule has 5 aromatic rings. The molecule has 2 heteroatoms. The average molecular weight is 423 g/mol. The Balaban J connectivity index is 1.47. The molecule has 2 heterocycles. The minimum Gasteiger partial charge on any atom is -0.135 e. The molecule has 7 rings (SSSR count). The highest BCUT2D eigenvalue weighted by Gasteiger charge is 2.25. The van der Waals surface area contributed by atoms with Gasteiger partial charge in [-0.1, -0.05) is 47.5 Å². The first-order valence-corrected chi connectivity index (χ1v) is 12.5. The molecule has 3 aromatic carbocycles. The Bertz CT molecular complexity index is 1390. The number of thiophene rings is 2. The molecule has 2 aliphatic rings. The molecule has 2 aliphatic carbocycles. The highest BCUT2D eigenvalue weighted by molar-refractivity contribution is 7.24. The Morgan fingerprint density at radius 2 is 1.03 bits per heavy atom. The maximum Gasteiger partial charge on any atom is 0.0390 e. The van der Waals surface area contributed by atoms with Gasteiger partial charge >= 0.3 is 0 Å². The summed E-state index contributed by atoms with van der Waals surface area (Å²) in [6.45, 7) is 4.41. The first kappa shape index (κ1) is 17.3. The van der Waals surface area contributed by atoms with Gasteiger partial charge in [0.25, 0.3) is 0 Å². The molecule has 0 fully saturated rings. The first-order chi connectivity index (χ1) is 14.7. The highest BCUT2D eigenvalue weighted by Crippen LogP contribution is 2.49. The molecule has 0 spiro atoms. The van der Waals surface area contributed by atoms with Crippen molar-refractivity contribution in [3.63, 3.8) is 0 Å². The van der Waals surface area contributed by atoms with Crippen LogP contribution in [0.3, 0.4) is 0 Å². The molecule has 0 atom stereocenters. The summed E-state index contributed by atoms with van der Waals surface area (Å²) in [5, 5.41) is 2.99. The van der Waals surface area contributed by atoms with Crippen molar-refractivity contribution in [2.45, 2.75) is 39.5 Å². The van der Waals surface area contributed by atoms with Crippen LogP contribution in [0.2, 0.25) is 0 Å². The lowest BCUT2D eigenvalue weighted by molar-refractivity contribution is 0.954. The van der Waals surface area contributed by atoms with E-state index in [1.165, 1.54) is 89.0 Å². The van der Waals surface area contributed by atoms with E-state index in [1.807, 2.05) is 22.7 Å². The minimum atomic E-state index is 1.17. The van der Waals surface area contributed by atoms with Crippen LogP contribution in [0.15, 0.2) is 48.5 Å². The fraction of sp³-hybridized carbons (Fsp3) is 0.214. The van der Waals surface area contributed by atoms with E-state index in [1.54, 1.807) is 11.1 Å². The van der Waals surface area contributed by atoms with Crippen LogP contribution < -0.4 is 0 Å². The van der Waals surface area contributed by atoms with E-state index >= 15 is 0 Å². The number of fused-ring (bicyclic) bond motifs is 10. The number of rotatable bonds is 0. The van der Waals surface area contributed by atoms with Gasteiger partial charge in [0.2, 0.25) is 0 Å². The zero-order valence-corrected chi connectivity index (χ0v) is 18.9. The van der Waals surface area contributed by atoms with Gasteiger partial charge in [0.15, 0.2) is 0 Å². The predicted molar refractivity (Wildman–Crippen MR) is 132 cm³/mol. The minimum absolute atomic E-state index is 1.17. The molecular formula is C28H22S2. The first-order valence-electron chi connectivity index (χ1n) is 10.9. The van der Waals surface area contributed by atoms with Crippen LogP contribution in [-0.4, -0.2) is 0 Å². The average Bonchev–Trinajstić information content (AvgIpc) is 3.29.